The molecule has 10 nitrogen and oxygen atoms in total. The van der Waals surface area contributed by atoms with Crippen LogP contribution in [-0.2, 0) is 19.1 Å². The number of aliphatic hydroxyl groups excluding tert-OH is 4. The van der Waals surface area contributed by atoms with Crippen LogP contribution in [0.3, 0.4) is 0 Å². The van der Waals surface area contributed by atoms with Crippen LogP contribution in [0.25, 0.3) is 0 Å². The lowest BCUT2D eigenvalue weighted by Crippen LogP contribution is -2.30. The summed E-state index contributed by atoms with van der Waals surface area (Å²) >= 11 is 0. The first-order chi connectivity index (χ1) is 15.8. The summed E-state index contributed by atoms with van der Waals surface area (Å²) < 4.78 is 9.96. The molecule has 0 saturated heterocycles. The first kappa shape index (κ1) is 28.9. The first-order valence-electron chi connectivity index (χ1n) is 10.4. The topological polar surface area (TPSA) is 168 Å². The molecule has 4 unspecified atom stereocenters. The molecular weight excluding hydrogens is 448 g/mol. The van der Waals surface area contributed by atoms with Crippen molar-refractivity contribution in [2.45, 2.75) is 51.1 Å². The molecule has 1 rings (SSSR count). The van der Waals surface area contributed by atoms with Crippen LogP contribution in [0.2, 0.25) is 0 Å². The number of aliphatic hydroxyl groups is 4. The SMILES string of the molecule is C=C(C)C(=O)C(O)CC(O)COC(=O)c1ccccc1C(=O)OCC(O)CC(O)C(=O)C(=C)C. The number of hydrogen-bond donors (Lipinski definition) is 4. The normalized spacial score (nSPS) is 14.3. The lowest BCUT2D eigenvalue weighted by Gasteiger charge is -2.16. The summed E-state index contributed by atoms with van der Waals surface area (Å²) in [5, 5.41) is 39.3. The summed E-state index contributed by atoms with van der Waals surface area (Å²) in [5.41, 5.74) is -0.118. The van der Waals surface area contributed by atoms with Crippen molar-refractivity contribution >= 4 is 23.5 Å². The maximum Gasteiger partial charge on any atom is 0.339 e. The van der Waals surface area contributed by atoms with Gasteiger partial charge < -0.3 is 29.9 Å². The molecular formula is C24H30O10. The van der Waals surface area contributed by atoms with Crippen molar-refractivity contribution < 1.29 is 49.1 Å². The van der Waals surface area contributed by atoms with E-state index in [0.29, 0.717) is 0 Å². The maximum absolute atomic E-state index is 12.4. The Balaban J connectivity index is 2.69. The van der Waals surface area contributed by atoms with Crippen molar-refractivity contribution in [1.29, 1.82) is 0 Å². The number of Topliss-reactive ketones (excluding diaryl/α,β-unsaturated/α-hetero) is 2. The van der Waals surface area contributed by atoms with Gasteiger partial charge in [-0.2, -0.15) is 0 Å². The van der Waals surface area contributed by atoms with Crippen LogP contribution >= 0.6 is 0 Å². The van der Waals surface area contributed by atoms with Crippen molar-refractivity contribution in [2.24, 2.45) is 0 Å². The van der Waals surface area contributed by atoms with Gasteiger partial charge in [0, 0.05) is 12.8 Å². The molecule has 0 aromatic heterocycles. The number of ether oxygens (including phenoxy) is 2. The van der Waals surface area contributed by atoms with E-state index in [2.05, 4.69) is 13.2 Å². The van der Waals surface area contributed by atoms with Gasteiger partial charge in [-0.25, -0.2) is 9.59 Å². The zero-order chi connectivity index (χ0) is 26.0. The summed E-state index contributed by atoms with van der Waals surface area (Å²) in [6.07, 6.45) is -6.43. The van der Waals surface area contributed by atoms with Crippen LogP contribution in [0.4, 0.5) is 0 Å². The average molecular weight is 478 g/mol. The molecule has 186 valence electrons. The van der Waals surface area contributed by atoms with Crippen molar-refractivity contribution in [3.8, 4) is 0 Å². The van der Waals surface area contributed by atoms with Gasteiger partial charge in [0.25, 0.3) is 0 Å². The van der Waals surface area contributed by atoms with Crippen molar-refractivity contribution in [2.75, 3.05) is 13.2 Å². The van der Waals surface area contributed by atoms with Gasteiger partial charge in [0.1, 0.15) is 25.4 Å². The summed E-state index contributed by atoms with van der Waals surface area (Å²) in [7, 11) is 0. The number of esters is 2. The van der Waals surface area contributed by atoms with Crippen LogP contribution in [0.5, 0.6) is 0 Å². The van der Waals surface area contributed by atoms with Crippen molar-refractivity contribution in [3.05, 3.63) is 59.7 Å². The van der Waals surface area contributed by atoms with Gasteiger partial charge in [0.15, 0.2) is 11.6 Å². The van der Waals surface area contributed by atoms with Gasteiger partial charge in [-0.15, -0.1) is 0 Å². The Morgan fingerprint density at radius 3 is 1.35 bits per heavy atom. The van der Waals surface area contributed by atoms with E-state index in [1.807, 2.05) is 0 Å². The molecule has 0 heterocycles. The summed E-state index contributed by atoms with van der Waals surface area (Å²) in [6, 6.07) is 5.51. The Morgan fingerprint density at radius 2 is 1.06 bits per heavy atom. The largest absolute Gasteiger partial charge is 0.459 e. The maximum atomic E-state index is 12.4. The lowest BCUT2D eigenvalue weighted by molar-refractivity contribution is -0.125. The van der Waals surface area contributed by atoms with Crippen LogP contribution in [0.1, 0.15) is 47.4 Å². The number of ketones is 2. The molecule has 1 aromatic carbocycles. The first-order valence-corrected chi connectivity index (χ1v) is 10.4. The molecule has 0 aliphatic carbocycles. The molecule has 0 bridgehead atoms. The molecule has 34 heavy (non-hydrogen) atoms. The molecule has 0 aliphatic heterocycles. The molecule has 1 aromatic rings. The van der Waals surface area contributed by atoms with E-state index >= 15 is 0 Å². The number of hydrogen-bond acceptors (Lipinski definition) is 10. The monoisotopic (exact) mass is 478 g/mol. The average Bonchev–Trinajstić information content (AvgIpc) is 2.79. The number of benzene rings is 1. The minimum absolute atomic E-state index is 0.117. The third kappa shape index (κ3) is 8.99. The number of carbonyl (C=O) groups excluding carboxylic acids is 4. The lowest BCUT2D eigenvalue weighted by atomic mass is 10.0. The van der Waals surface area contributed by atoms with Crippen LogP contribution < -0.4 is 0 Å². The zero-order valence-electron chi connectivity index (χ0n) is 19.1. The van der Waals surface area contributed by atoms with Crippen LogP contribution in [0.15, 0.2) is 48.6 Å². The highest BCUT2D eigenvalue weighted by atomic mass is 16.5. The van der Waals surface area contributed by atoms with E-state index in [4.69, 9.17) is 9.47 Å². The fourth-order valence-electron chi connectivity index (χ4n) is 2.77. The van der Waals surface area contributed by atoms with Gasteiger partial charge in [0.2, 0.25) is 0 Å². The van der Waals surface area contributed by atoms with E-state index < -0.39 is 61.1 Å². The number of carbonyl (C=O) groups is 4. The molecule has 4 atom stereocenters. The molecule has 0 saturated carbocycles. The minimum atomic E-state index is -1.50. The molecule has 4 N–H and O–H groups in total. The second-order valence-corrected chi connectivity index (χ2v) is 7.84. The molecule has 0 fully saturated rings. The van der Waals surface area contributed by atoms with Gasteiger partial charge in [-0.05, 0) is 37.1 Å². The van der Waals surface area contributed by atoms with Crippen LogP contribution in [-0.4, -0.2) is 81.6 Å². The van der Waals surface area contributed by atoms with E-state index in [1.165, 1.54) is 38.1 Å². The second-order valence-electron chi connectivity index (χ2n) is 7.84. The fraction of sp³-hybridized carbons (Fsp3) is 0.417. The second kappa shape index (κ2) is 13.5. The summed E-state index contributed by atoms with van der Waals surface area (Å²) in [5.74, 6) is -3.21. The molecule has 10 heteroatoms. The Labute approximate surface area is 197 Å². The zero-order valence-corrected chi connectivity index (χ0v) is 19.1. The highest BCUT2D eigenvalue weighted by Crippen LogP contribution is 2.14. The fourth-order valence-corrected chi connectivity index (χ4v) is 2.77. The summed E-state index contributed by atoms with van der Waals surface area (Å²) in [6.45, 7) is 8.56. The minimum Gasteiger partial charge on any atom is -0.459 e. The Morgan fingerprint density at radius 1 is 0.735 bits per heavy atom. The van der Waals surface area contributed by atoms with E-state index in [9.17, 15) is 39.6 Å². The third-order valence-corrected chi connectivity index (χ3v) is 4.62. The van der Waals surface area contributed by atoms with E-state index in [-0.39, 0.29) is 35.1 Å². The highest BCUT2D eigenvalue weighted by molar-refractivity contribution is 6.03. The van der Waals surface area contributed by atoms with Crippen LogP contribution in [0, 0.1) is 0 Å². The van der Waals surface area contributed by atoms with Gasteiger partial charge in [-0.3, -0.25) is 9.59 Å². The van der Waals surface area contributed by atoms with E-state index in [0.717, 1.165) is 0 Å². The number of rotatable bonds is 14. The van der Waals surface area contributed by atoms with Crippen molar-refractivity contribution in [1.82, 2.24) is 0 Å². The summed E-state index contributed by atoms with van der Waals surface area (Å²) in [4.78, 5) is 48.1. The predicted molar refractivity (Wildman–Crippen MR) is 120 cm³/mol. The molecule has 0 aliphatic rings. The quantitative estimate of drug-likeness (QED) is 0.218. The Bertz CT molecular complexity index is 860. The molecule has 0 radical (unpaired) electrons. The predicted octanol–water partition coefficient (Wildman–Crippen LogP) is 0.514. The van der Waals surface area contributed by atoms with Gasteiger partial charge in [-0.1, -0.05) is 25.3 Å². The van der Waals surface area contributed by atoms with Gasteiger partial charge >= 0.3 is 11.9 Å². The molecule has 0 spiro atoms. The van der Waals surface area contributed by atoms with E-state index in [1.54, 1.807) is 0 Å². The third-order valence-electron chi connectivity index (χ3n) is 4.62. The highest BCUT2D eigenvalue weighted by Gasteiger charge is 2.24. The van der Waals surface area contributed by atoms with Crippen molar-refractivity contribution in [3.63, 3.8) is 0 Å². The smallest absolute Gasteiger partial charge is 0.339 e. The Kier molecular flexibility index (Phi) is 11.5. The Hall–Kier alpha value is -3.18. The molecule has 0 amide bonds. The standard InChI is InChI=1S/C24H30O10/c1-13(2)21(29)19(27)9-15(25)11-33-23(31)17-7-5-6-8-18(17)24(32)34-12-16(26)10-20(28)22(30)14(3)4/h5-8,15-16,19-20,25-28H,1,3,9-12H2,2,4H3. The van der Waals surface area contributed by atoms with Gasteiger partial charge in [0.05, 0.1) is 23.3 Å².